The van der Waals surface area contributed by atoms with E-state index in [1.807, 2.05) is 18.2 Å². The highest BCUT2D eigenvalue weighted by atomic mass is 16.7. The molecule has 1 aromatic carbocycles. The van der Waals surface area contributed by atoms with Gasteiger partial charge in [0.1, 0.15) is 0 Å². The molecule has 0 saturated carbocycles. The van der Waals surface area contributed by atoms with Crippen LogP contribution in [0.3, 0.4) is 0 Å². The summed E-state index contributed by atoms with van der Waals surface area (Å²) in [4.78, 5) is 0. The SMILES string of the molecule is CCCCCC(O)c1ccc2c(c1)OCO2. The molecule has 0 aliphatic carbocycles. The molecule has 3 nitrogen and oxygen atoms in total. The first-order chi connectivity index (χ1) is 7.81. The van der Waals surface area contributed by atoms with Crippen LogP contribution in [0.1, 0.15) is 44.3 Å². The van der Waals surface area contributed by atoms with Crippen molar-refractivity contribution in [2.24, 2.45) is 0 Å². The van der Waals surface area contributed by atoms with Gasteiger partial charge in [-0.2, -0.15) is 0 Å². The summed E-state index contributed by atoms with van der Waals surface area (Å²) in [5.41, 5.74) is 0.917. The summed E-state index contributed by atoms with van der Waals surface area (Å²) < 4.78 is 10.5. The standard InChI is InChI=1S/C13H18O3/c1-2-3-4-5-11(14)10-6-7-12-13(8-10)16-9-15-12/h6-8,11,14H,2-5,9H2,1H3. The van der Waals surface area contributed by atoms with Gasteiger partial charge in [0.15, 0.2) is 11.5 Å². The van der Waals surface area contributed by atoms with E-state index in [-0.39, 0.29) is 12.9 Å². The monoisotopic (exact) mass is 222 g/mol. The van der Waals surface area contributed by atoms with E-state index >= 15 is 0 Å². The average Bonchev–Trinajstić information content (AvgIpc) is 2.76. The zero-order chi connectivity index (χ0) is 11.4. The van der Waals surface area contributed by atoms with Gasteiger partial charge in [-0.3, -0.25) is 0 Å². The molecule has 1 heterocycles. The van der Waals surface area contributed by atoms with Gasteiger partial charge < -0.3 is 14.6 Å². The molecule has 1 aliphatic rings. The van der Waals surface area contributed by atoms with Crippen molar-refractivity contribution < 1.29 is 14.6 Å². The summed E-state index contributed by atoms with van der Waals surface area (Å²) in [5.74, 6) is 1.51. The van der Waals surface area contributed by atoms with E-state index in [4.69, 9.17) is 9.47 Å². The zero-order valence-electron chi connectivity index (χ0n) is 9.61. The van der Waals surface area contributed by atoms with E-state index in [1.165, 1.54) is 12.8 Å². The van der Waals surface area contributed by atoms with Crippen molar-refractivity contribution in [3.05, 3.63) is 23.8 Å². The lowest BCUT2D eigenvalue weighted by atomic mass is 10.0. The molecule has 2 rings (SSSR count). The summed E-state index contributed by atoms with van der Waals surface area (Å²) >= 11 is 0. The van der Waals surface area contributed by atoms with Gasteiger partial charge >= 0.3 is 0 Å². The van der Waals surface area contributed by atoms with Crippen molar-refractivity contribution >= 4 is 0 Å². The highest BCUT2D eigenvalue weighted by Crippen LogP contribution is 2.35. The summed E-state index contributed by atoms with van der Waals surface area (Å²) in [6.07, 6.45) is 3.83. The van der Waals surface area contributed by atoms with Crippen molar-refractivity contribution in [2.75, 3.05) is 6.79 Å². The lowest BCUT2D eigenvalue weighted by Gasteiger charge is -2.11. The van der Waals surface area contributed by atoms with Crippen molar-refractivity contribution in [1.82, 2.24) is 0 Å². The molecule has 1 atom stereocenters. The lowest BCUT2D eigenvalue weighted by Crippen LogP contribution is -1.97. The maximum absolute atomic E-state index is 9.98. The van der Waals surface area contributed by atoms with Crippen LogP contribution in [-0.2, 0) is 0 Å². The van der Waals surface area contributed by atoms with E-state index in [0.717, 1.165) is 29.9 Å². The van der Waals surface area contributed by atoms with Crippen LogP contribution in [0.15, 0.2) is 18.2 Å². The molecule has 1 aliphatic heterocycles. The molecular weight excluding hydrogens is 204 g/mol. The molecule has 88 valence electrons. The molecule has 0 amide bonds. The average molecular weight is 222 g/mol. The van der Waals surface area contributed by atoms with Crippen LogP contribution < -0.4 is 9.47 Å². The third-order valence-corrected chi connectivity index (χ3v) is 2.86. The van der Waals surface area contributed by atoms with Crippen LogP contribution in [0.4, 0.5) is 0 Å². The molecule has 0 spiro atoms. The Hall–Kier alpha value is -1.22. The number of unbranched alkanes of at least 4 members (excludes halogenated alkanes) is 2. The number of rotatable bonds is 5. The molecule has 0 bridgehead atoms. The van der Waals surface area contributed by atoms with E-state index in [9.17, 15) is 5.11 Å². The topological polar surface area (TPSA) is 38.7 Å². The van der Waals surface area contributed by atoms with Gasteiger partial charge in [0.2, 0.25) is 6.79 Å². The molecule has 16 heavy (non-hydrogen) atoms. The predicted octanol–water partition coefficient (Wildman–Crippen LogP) is 3.03. The Morgan fingerprint density at radius 1 is 1.25 bits per heavy atom. The molecule has 3 heteroatoms. The van der Waals surface area contributed by atoms with E-state index in [2.05, 4.69) is 6.92 Å². The van der Waals surface area contributed by atoms with Crippen LogP contribution in [0, 0.1) is 0 Å². The van der Waals surface area contributed by atoms with Gasteiger partial charge in [-0.05, 0) is 24.1 Å². The summed E-state index contributed by atoms with van der Waals surface area (Å²) in [7, 11) is 0. The first kappa shape index (κ1) is 11.3. The highest BCUT2D eigenvalue weighted by Gasteiger charge is 2.16. The zero-order valence-corrected chi connectivity index (χ0v) is 9.61. The van der Waals surface area contributed by atoms with E-state index in [1.54, 1.807) is 0 Å². The largest absolute Gasteiger partial charge is 0.454 e. The molecule has 1 unspecified atom stereocenters. The number of hydrogen-bond acceptors (Lipinski definition) is 3. The Balaban J connectivity index is 1.98. The van der Waals surface area contributed by atoms with Gasteiger partial charge in [0.05, 0.1) is 6.10 Å². The predicted molar refractivity (Wildman–Crippen MR) is 61.7 cm³/mol. The summed E-state index contributed by atoms with van der Waals surface area (Å²) in [6, 6.07) is 5.64. The third-order valence-electron chi connectivity index (χ3n) is 2.86. The van der Waals surface area contributed by atoms with Gasteiger partial charge in [-0.1, -0.05) is 32.3 Å². The maximum atomic E-state index is 9.98. The Morgan fingerprint density at radius 3 is 2.88 bits per heavy atom. The Kier molecular flexibility index (Phi) is 3.67. The second kappa shape index (κ2) is 5.21. The van der Waals surface area contributed by atoms with E-state index < -0.39 is 0 Å². The van der Waals surface area contributed by atoms with Crippen LogP contribution >= 0.6 is 0 Å². The Morgan fingerprint density at radius 2 is 2.06 bits per heavy atom. The van der Waals surface area contributed by atoms with Gasteiger partial charge in [-0.15, -0.1) is 0 Å². The van der Waals surface area contributed by atoms with Crippen molar-refractivity contribution in [3.8, 4) is 11.5 Å². The number of hydrogen-bond donors (Lipinski definition) is 1. The number of ether oxygens (including phenoxy) is 2. The smallest absolute Gasteiger partial charge is 0.231 e. The lowest BCUT2D eigenvalue weighted by molar-refractivity contribution is 0.162. The minimum absolute atomic E-state index is 0.282. The second-order valence-electron chi connectivity index (χ2n) is 4.12. The highest BCUT2D eigenvalue weighted by molar-refractivity contribution is 5.44. The van der Waals surface area contributed by atoms with Crippen LogP contribution in [-0.4, -0.2) is 11.9 Å². The maximum Gasteiger partial charge on any atom is 0.231 e. The fourth-order valence-corrected chi connectivity index (χ4v) is 1.87. The minimum Gasteiger partial charge on any atom is -0.454 e. The molecule has 1 N–H and O–H groups in total. The first-order valence-corrected chi connectivity index (χ1v) is 5.89. The fraction of sp³-hybridized carbons (Fsp3) is 0.538. The quantitative estimate of drug-likeness (QED) is 0.778. The Bertz CT molecular complexity index is 349. The molecule has 0 fully saturated rings. The Labute approximate surface area is 96.0 Å². The first-order valence-electron chi connectivity index (χ1n) is 5.89. The summed E-state index contributed by atoms with van der Waals surface area (Å²) in [6.45, 7) is 2.44. The number of aliphatic hydroxyl groups excluding tert-OH is 1. The van der Waals surface area contributed by atoms with Crippen molar-refractivity contribution in [2.45, 2.75) is 38.7 Å². The number of benzene rings is 1. The fourth-order valence-electron chi connectivity index (χ4n) is 1.87. The normalized spacial score (nSPS) is 15.1. The van der Waals surface area contributed by atoms with Crippen LogP contribution in [0.5, 0.6) is 11.5 Å². The van der Waals surface area contributed by atoms with Crippen LogP contribution in [0.25, 0.3) is 0 Å². The minimum atomic E-state index is -0.388. The molecule has 0 radical (unpaired) electrons. The van der Waals surface area contributed by atoms with E-state index in [0.29, 0.717) is 0 Å². The van der Waals surface area contributed by atoms with Gasteiger partial charge in [0.25, 0.3) is 0 Å². The second-order valence-corrected chi connectivity index (χ2v) is 4.12. The molecule has 0 aromatic heterocycles. The molecule has 1 aromatic rings. The van der Waals surface area contributed by atoms with Gasteiger partial charge in [-0.25, -0.2) is 0 Å². The summed E-state index contributed by atoms with van der Waals surface area (Å²) in [5, 5.41) is 9.98. The van der Waals surface area contributed by atoms with Gasteiger partial charge in [0, 0.05) is 0 Å². The number of fused-ring (bicyclic) bond motifs is 1. The third kappa shape index (κ3) is 2.47. The number of aliphatic hydroxyl groups is 1. The molecular formula is C13H18O3. The van der Waals surface area contributed by atoms with Crippen molar-refractivity contribution in [1.29, 1.82) is 0 Å². The van der Waals surface area contributed by atoms with Crippen molar-refractivity contribution in [3.63, 3.8) is 0 Å². The van der Waals surface area contributed by atoms with Crippen LogP contribution in [0.2, 0.25) is 0 Å². The molecule has 0 saturated heterocycles.